The maximum atomic E-state index is 10.1. The quantitative estimate of drug-likeness (QED) is 0.178. The Morgan fingerprint density at radius 1 is 1.10 bits per heavy atom. The van der Waals surface area contributed by atoms with Crippen LogP contribution in [0.4, 0.5) is 5.82 Å². The Morgan fingerprint density at radius 2 is 1.97 bits per heavy atom. The summed E-state index contributed by atoms with van der Waals surface area (Å²) in [5.41, 5.74) is 3.92. The Kier molecular flexibility index (Phi) is 10.2. The molecule has 4 rings (SSSR count). The Balaban J connectivity index is 1.17. The van der Waals surface area contributed by atoms with Crippen LogP contribution < -0.4 is 15.4 Å². The molecular formula is C29H32N8O2. The molecule has 1 unspecified atom stereocenters. The van der Waals surface area contributed by atoms with Crippen molar-refractivity contribution in [3.05, 3.63) is 66.6 Å². The number of aliphatic hydroxyl groups excluding tert-OH is 1. The van der Waals surface area contributed by atoms with E-state index in [2.05, 4.69) is 48.6 Å². The summed E-state index contributed by atoms with van der Waals surface area (Å²) in [6.45, 7) is 4.77. The Morgan fingerprint density at radius 3 is 2.74 bits per heavy atom. The van der Waals surface area contributed by atoms with Crippen molar-refractivity contribution in [2.24, 2.45) is 0 Å². The van der Waals surface area contributed by atoms with Gasteiger partial charge in [0.1, 0.15) is 24.0 Å². The third kappa shape index (κ3) is 7.99. The van der Waals surface area contributed by atoms with Gasteiger partial charge in [-0.25, -0.2) is 19.5 Å². The van der Waals surface area contributed by atoms with Crippen LogP contribution in [0.3, 0.4) is 0 Å². The molecule has 0 aliphatic rings. The van der Waals surface area contributed by atoms with Gasteiger partial charge >= 0.3 is 0 Å². The van der Waals surface area contributed by atoms with Crippen molar-refractivity contribution in [2.45, 2.75) is 38.7 Å². The van der Waals surface area contributed by atoms with Gasteiger partial charge in [-0.3, -0.25) is 0 Å². The normalized spacial score (nSPS) is 11.4. The van der Waals surface area contributed by atoms with E-state index in [0.717, 1.165) is 54.1 Å². The van der Waals surface area contributed by atoms with E-state index in [1.165, 1.54) is 6.33 Å². The van der Waals surface area contributed by atoms with Gasteiger partial charge in [0.25, 0.3) is 0 Å². The van der Waals surface area contributed by atoms with Crippen molar-refractivity contribution in [1.82, 2.24) is 29.9 Å². The van der Waals surface area contributed by atoms with Gasteiger partial charge in [0.2, 0.25) is 0 Å². The van der Waals surface area contributed by atoms with Crippen LogP contribution >= 0.6 is 0 Å². The van der Waals surface area contributed by atoms with Crippen LogP contribution in [0.5, 0.6) is 5.75 Å². The molecule has 0 saturated heterocycles. The molecule has 200 valence electrons. The zero-order valence-electron chi connectivity index (χ0n) is 22.0. The van der Waals surface area contributed by atoms with Crippen LogP contribution in [-0.2, 0) is 6.42 Å². The highest BCUT2D eigenvalue weighted by Crippen LogP contribution is 2.30. The number of fused-ring (bicyclic) bond motifs is 1. The van der Waals surface area contributed by atoms with Crippen molar-refractivity contribution in [1.29, 1.82) is 5.26 Å². The third-order valence-electron chi connectivity index (χ3n) is 5.96. The van der Waals surface area contributed by atoms with Crippen LogP contribution in [0.15, 0.2) is 55.5 Å². The number of aliphatic hydroxyl groups is 1. The molecule has 4 aromatic rings. The molecule has 3 N–H and O–H groups in total. The summed E-state index contributed by atoms with van der Waals surface area (Å²) in [6, 6.07) is 8.02. The van der Waals surface area contributed by atoms with Crippen LogP contribution in [-0.4, -0.2) is 62.0 Å². The molecule has 4 heterocycles. The highest BCUT2D eigenvalue weighted by atomic mass is 16.5. The highest BCUT2D eigenvalue weighted by molar-refractivity contribution is 5.85. The zero-order valence-corrected chi connectivity index (χ0v) is 22.0. The van der Waals surface area contributed by atoms with E-state index in [4.69, 9.17) is 4.74 Å². The molecule has 39 heavy (non-hydrogen) atoms. The molecule has 0 radical (unpaired) electrons. The predicted molar refractivity (Wildman–Crippen MR) is 149 cm³/mol. The minimum atomic E-state index is -0.422. The summed E-state index contributed by atoms with van der Waals surface area (Å²) in [6.07, 6.45) is 12.3. The monoisotopic (exact) mass is 524 g/mol. The summed E-state index contributed by atoms with van der Waals surface area (Å²) in [4.78, 5) is 12.5. The maximum absolute atomic E-state index is 10.1. The minimum absolute atomic E-state index is 0.422. The third-order valence-corrected chi connectivity index (χ3v) is 5.96. The van der Waals surface area contributed by atoms with Gasteiger partial charge in [0, 0.05) is 61.2 Å². The van der Waals surface area contributed by atoms with Crippen molar-refractivity contribution in [3.8, 4) is 34.8 Å². The first-order chi connectivity index (χ1) is 19.2. The van der Waals surface area contributed by atoms with Crippen LogP contribution in [0.2, 0.25) is 0 Å². The van der Waals surface area contributed by atoms with Crippen LogP contribution in [0.25, 0.3) is 16.6 Å². The summed E-state index contributed by atoms with van der Waals surface area (Å²) < 4.78 is 7.35. The second kappa shape index (κ2) is 14.4. The lowest BCUT2D eigenvalue weighted by Gasteiger charge is -2.11. The van der Waals surface area contributed by atoms with Crippen molar-refractivity contribution >= 4 is 11.3 Å². The van der Waals surface area contributed by atoms with Gasteiger partial charge in [-0.2, -0.15) is 10.4 Å². The molecule has 0 amide bonds. The van der Waals surface area contributed by atoms with Crippen molar-refractivity contribution in [2.75, 3.05) is 31.6 Å². The van der Waals surface area contributed by atoms with E-state index in [1.54, 1.807) is 35.5 Å². The fourth-order valence-corrected chi connectivity index (χ4v) is 4.05. The molecule has 1 atom stereocenters. The van der Waals surface area contributed by atoms with Gasteiger partial charge < -0.3 is 20.5 Å². The van der Waals surface area contributed by atoms with E-state index in [0.29, 0.717) is 37.2 Å². The van der Waals surface area contributed by atoms with Crippen LogP contribution in [0, 0.1) is 23.2 Å². The Hall–Kier alpha value is -4.51. The van der Waals surface area contributed by atoms with E-state index in [1.807, 2.05) is 25.1 Å². The molecule has 0 bridgehead atoms. The number of pyridine rings is 2. The molecule has 4 aromatic heterocycles. The molecule has 0 saturated carbocycles. The maximum Gasteiger partial charge on any atom is 0.138 e. The highest BCUT2D eigenvalue weighted by Gasteiger charge is 2.14. The first-order valence-corrected chi connectivity index (χ1v) is 13.0. The molecule has 0 spiro atoms. The molecular weight excluding hydrogens is 492 g/mol. The molecule has 0 aliphatic heterocycles. The number of ether oxygens (including phenoxy) is 1. The van der Waals surface area contributed by atoms with Crippen molar-refractivity contribution < 1.29 is 9.84 Å². The van der Waals surface area contributed by atoms with E-state index >= 15 is 0 Å². The minimum Gasteiger partial charge on any atom is -0.492 e. The lowest BCUT2D eigenvalue weighted by Crippen LogP contribution is -2.24. The SMILES string of the molecule is CCOc1cc(-c2ccc(NCCNCCCC(O)CC#CCc3cncnc3)nc2)c2c(C#N)cnn2c1. The van der Waals surface area contributed by atoms with Crippen LogP contribution in [0.1, 0.15) is 37.3 Å². The van der Waals surface area contributed by atoms with Gasteiger partial charge in [-0.05, 0) is 44.5 Å². The lowest BCUT2D eigenvalue weighted by molar-refractivity contribution is 0.167. The predicted octanol–water partition coefficient (Wildman–Crippen LogP) is 3.24. The Bertz CT molecular complexity index is 1440. The Labute approximate surface area is 228 Å². The summed E-state index contributed by atoms with van der Waals surface area (Å²) in [5, 5.41) is 30.6. The number of nitriles is 1. The molecule has 10 heteroatoms. The average Bonchev–Trinajstić information content (AvgIpc) is 3.39. The number of hydrogen-bond acceptors (Lipinski definition) is 9. The first kappa shape index (κ1) is 27.5. The largest absolute Gasteiger partial charge is 0.492 e. The lowest BCUT2D eigenvalue weighted by atomic mass is 10.1. The standard InChI is InChI=1S/C29H32N8O2/c1-2-39-26-14-27(29-24(15-30)19-36-37(29)20-26)23-9-10-28(35-18-23)34-13-12-31-11-5-8-25(38)7-4-3-6-22-16-32-21-33-17-22/h9-10,14,16-21,25,31,38H,2,5-8,11-13H2,1H3,(H,34,35). The average molecular weight is 525 g/mol. The second-order valence-corrected chi connectivity index (χ2v) is 8.87. The van der Waals surface area contributed by atoms with E-state index < -0.39 is 6.10 Å². The van der Waals surface area contributed by atoms with Crippen molar-refractivity contribution in [3.63, 3.8) is 0 Å². The fraction of sp³-hybridized carbons (Fsp3) is 0.345. The number of nitrogens with one attached hydrogen (secondary N) is 2. The van der Waals surface area contributed by atoms with E-state index in [-0.39, 0.29) is 0 Å². The van der Waals surface area contributed by atoms with Gasteiger partial charge in [0.05, 0.1) is 36.2 Å². The molecule has 0 aromatic carbocycles. The number of rotatable bonds is 13. The number of nitrogens with zero attached hydrogens (tertiary/aromatic N) is 6. The topological polar surface area (TPSA) is 133 Å². The fourth-order valence-electron chi connectivity index (χ4n) is 4.05. The number of hydrogen-bond donors (Lipinski definition) is 3. The molecule has 0 aliphatic carbocycles. The van der Waals surface area contributed by atoms with Gasteiger partial charge in [0.15, 0.2) is 0 Å². The van der Waals surface area contributed by atoms with Gasteiger partial charge in [-0.15, -0.1) is 5.92 Å². The zero-order chi connectivity index (χ0) is 27.3. The van der Waals surface area contributed by atoms with Gasteiger partial charge in [-0.1, -0.05) is 5.92 Å². The number of aromatic nitrogens is 5. The smallest absolute Gasteiger partial charge is 0.138 e. The molecule has 10 nitrogen and oxygen atoms in total. The molecule has 0 fully saturated rings. The first-order valence-electron chi connectivity index (χ1n) is 13.0. The second-order valence-electron chi connectivity index (χ2n) is 8.87. The van der Waals surface area contributed by atoms with E-state index in [9.17, 15) is 10.4 Å². The number of anilines is 1. The summed E-state index contributed by atoms with van der Waals surface area (Å²) >= 11 is 0. The summed E-state index contributed by atoms with van der Waals surface area (Å²) in [7, 11) is 0. The summed E-state index contributed by atoms with van der Waals surface area (Å²) in [5.74, 6) is 7.53.